The van der Waals surface area contributed by atoms with Crippen LogP contribution in [-0.4, -0.2) is 20.7 Å². The van der Waals surface area contributed by atoms with Crippen LogP contribution in [0.15, 0.2) is 36.5 Å². The number of nitrogens with one attached hydrogen (secondary N) is 1. The standard InChI is InChI=1S/C18H18N4OS/c1-11(12-6-4-3-5-7-12)17(23)21-18-20-16-13-10-19-22(2)14(13)8-9-15(16)24-18/h3-7,10-11H,8-9H2,1-2H3,(H,20,21,23)/t11-/m1/s1. The van der Waals surface area contributed by atoms with Gasteiger partial charge in [-0.15, -0.1) is 11.3 Å². The topological polar surface area (TPSA) is 59.8 Å². The summed E-state index contributed by atoms with van der Waals surface area (Å²) in [6.45, 7) is 1.91. The van der Waals surface area contributed by atoms with E-state index in [1.165, 1.54) is 10.6 Å². The van der Waals surface area contributed by atoms with Gasteiger partial charge in [-0.25, -0.2) is 4.98 Å². The van der Waals surface area contributed by atoms with Gasteiger partial charge in [0.15, 0.2) is 5.13 Å². The molecule has 1 aromatic carbocycles. The van der Waals surface area contributed by atoms with Crippen LogP contribution in [0, 0.1) is 0 Å². The summed E-state index contributed by atoms with van der Waals surface area (Å²) in [5, 5.41) is 7.98. The minimum absolute atomic E-state index is 0.0290. The number of hydrogen-bond acceptors (Lipinski definition) is 4. The minimum Gasteiger partial charge on any atom is -0.301 e. The van der Waals surface area contributed by atoms with E-state index >= 15 is 0 Å². The van der Waals surface area contributed by atoms with E-state index < -0.39 is 0 Å². The van der Waals surface area contributed by atoms with Gasteiger partial charge in [-0.2, -0.15) is 5.10 Å². The number of aromatic nitrogens is 3. The van der Waals surface area contributed by atoms with Crippen molar-refractivity contribution >= 4 is 22.4 Å². The van der Waals surface area contributed by atoms with Crippen molar-refractivity contribution in [2.75, 3.05) is 5.32 Å². The molecule has 0 bridgehead atoms. The van der Waals surface area contributed by atoms with Crippen LogP contribution in [0.25, 0.3) is 11.3 Å². The first kappa shape index (κ1) is 15.1. The molecule has 0 saturated carbocycles. The molecule has 0 fully saturated rings. The van der Waals surface area contributed by atoms with E-state index in [1.54, 1.807) is 11.3 Å². The van der Waals surface area contributed by atoms with Crippen molar-refractivity contribution < 1.29 is 4.79 Å². The molecule has 1 aliphatic rings. The molecule has 0 aliphatic heterocycles. The summed E-state index contributed by atoms with van der Waals surface area (Å²) in [5.41, 5.74) is 4.28. The summed E-state index contributed by atoms with van der Waals surface area (Å²) < 4.78 is 1.91. The number of carbonyl (C=O) groups excluding carboxylic acids is 1. The van der Waals surface area contributed by atoms with E-state index in [0.29, 0.717) is 5.13 Å². The molecule has 3 aromatic rings. The summed E-state index contributed by atoms with van der Waals surface area (Å²) >= 11 is 1.57. The molecular formula is C18H18N4OS. The van der Waals surface area contributed by atoms with Crippen LogP contribution in [0.1, 0.15) is 29.0 Å². The van der Waals surface area contributed by atoms with E-state index in [2.05, 4.69) is 15.4 Å². The Bertz CT molecular complexity index is 897. The fourth-order valence-corrected chi connectivity index (χ4v) is 4.06. The SMILES string of the molecule is C[C@@H](C(=O)Nc1nc2c(s1)CCc1c-2cnn1C)c1ccccc1. The molecule has 0 saturated heterocycles. The number of aryl methyl sites for hydroxylation is 2. The average molecular weight is 338 g/mol. The first-order valence-electron chi connectivity index (χ1n) is 8.00. The highest BCUT2D eigenvalue weighted by molar-refractivity contribution is 7.16. The fraction of sp³-hybridized carbons (Fsp3) is 0.278. The number of nitrogens with zero attached hydrogens (tertiary/aromatic N) is 3. The predicted octanol–water partition coefficient (Wildman–Crippen LogP) is 3.38. The van der Waals surface area contributed by atoms with Gasteiger partial charge >= 0.3 is 0 Å². The van der Waals surface area contributed by atoms with Gasteiger partial charge in [0.05, 0.1) is 17.8 Å². The molecule has 2 aromatic heterocycles. The van der Waals surface area contributed by atoms with E-state index in [0.717, 1.165) is 29.7 Å². The Morgan fingerprint density at radius 3 is 2.88 bits per heavy atom. The molecule has 0 spiro atoms. The third kappa shape index (κ3) is 2.53. The number of fused-ring (bicyclic) bond motifs is 3. The highest BCUT2D eigenvalue weighted by Gasteiger charge is 2.25. The zero-order valence-corrected chi connectivity index (χ0v) is 14.4. The largest absolute Gasteiger partial charge is 0.301 e. The van der Waals surface area contributed by atoms with E-state index in [4.69, 9.17) is 0 Å². The monoisotopic (exact) mass is 338 g/mol. The second-order valence-corrected chi connectivity index (χ2v) is 7.12. The van der Waals surface area contributed by atoms with Gasteiger partial charge in [0, 0.05) is 23.2 Å². The predicted molar refractivity (Wildman–Crippen MR) is 95.2 cm³/mol. The molecule has 24 heavy (non-hydrogen) atoms. The Labute approximate surface area is 144 Å². The number of thiazole rings is 1. The van der Waals surface area contributed by atoms with Crippen LogP contribution in [0.2, 0.25) is 0 Å². The van der Waals surface area contributed by atoms with E-state index in [-0.39, 0.29) is 11.8 Å². The van der Waals surface area contributed by atoms with Gasteiger partial charge in [-0.3, -0.25) is 9.48 Å². The Morgan fingerprint density at radius 1 is 1.29 bits per heavy atom. The second-order valence-electron chi connectivity index (χ2n) is 6.04. The molecule has 0 radical (unpaired) electrons. The quantitative estimate of drug-likeness (QED) is 0.796. The zero-order valence-electron chi connectivity index (χ0n) is 13.6. The van der Waals surface area contributed by atoms with Gasteiger partial charge in [-0.05, 0) is 25.3 Å². The number of benzene rings is 1. The van der Waals surface area contributed by atoms with Crippen LogP contribution in [0.3, 0.4) is 0 Å². The Balaban J connectivity index is 1.57. The maximum atomic E-state index is 12.5. The number of hydrogen-bond donors (Lipinski definition) is 1. The molecule has 1 atom stereocenters. The first-order valence-corrected chi connectivity index (χ1v) is 8.82. The maximum absolute atomic E-state index is 12.5. The summed E-state index contributed by atoms with van der Waals surface area (Å²) in [6, 6.07) is 9.79. The molecular weight excluding hydrogens is 320 g/mol. The van der Waals surface area contributed by atoms with Crippen molar-refractivity contribution in [1.29, 1.82) is 0 Å². The Kier molecular flexibility index (Phi) is 3.69. The number of carbonyl (C=O) groups is 1. The third-order valence-electron chi connectivity index (χ3n) is 4.53. The highest BCUT2D eigenvalue weighted by Crippen LogP contribution is 2.38. The van der Waals surface area contributed by atoms with Crippen molar-refractivity contribution in [2.24, 2.45) is 7.05 Å². The molecule has 0 unspecified atom stereocenters. The first-order chi connectivity index (χ1) is 11.6. The smallest absolute Gasteiger partial charge is 0.233 e. The van der Waals surface area contributed by atoms with Crippen LogP contribution in [0.5, 0.6) is 0 Å². The van der Waals surface area contributed by atoms with Crippen LogP contribution in [0.4, 0.5) is 5.13 Å². The van der Waals surface area contributed by atoms with Gasteiger partial charge in [0.2, 0.25) is 5.91 Å². The molecule has 6 heteroatoms. The summed E-state index contributed by atoms with van der Waals surface area (Å²) in [7, 11) is 1.96. The molecule has 1 aliphatic carbocycles. The normalized spacial score (nSPS) is 13.9. The zero-order chi connectivity index (χ0) is 16.7. The van der Waals surface area contributed by atoms with E-state index in [1.807, 2.05) is 55.2 Å². The molecule has 122 valence electrons. The molecule has 1 N–H and O–H groups in total. The van der Waals surface area contributed by atoms with Gasteiger partial charge < -0.3 is 5.32 Å². The molecule has 1 amide bonds. The average Bonchev–Trinajstić information content (AvgIpc) is 3.18. The van der Waals surface area contributed by atoms with Crippen molar-refractivity contribution in [3.05, 3.63) is 52.7 Å². The number of rotatable bonds is 3. The summed E-state index contributed by atoms with van der Waals surface area (Å²) in [4.78, 5) is 18.4. The second kappa shape index (κ2) is 5.87. The van der Waals surface area contributed by atoms with Crippen LogP contribution >= 0.6 is 11.3 Å². The van der Waals surface area contributed by atoms with Gasteiger partial charge in [-0.1, -0.05) is 30.3 Å². The Hall–Kier alpha value is -2.47. The van der Waals surface area contributed by atoms with Gasteiger partial charge in [0.25, 0.3) is 0 Å². The highest BCUT2D eigenvalue weighted by atomic mass is 32.1. The van der Waals surface area contributed by atoms with Crippen LogP contribution < -0.4 is 5.32 Å². The summed E-state index contributed by atoms with van der Waals surface area (Å²) in [6.07, 6.45) is 3.78. The van der Waals surface area contributed by atoms with Crippen LogP contribution in [-0.2, 0) is 24.7 Å². The number of anilines is 1. The lowest BCUT2D eigenvalue weighted by Crippen LogP contribution is -2.18. The Morgan fingerprint density at radius 2 is 2.08 bits per heavy atom. The molecule has 4 rings (SSSR count). The lowest BCUT2D eigenvalue weighted by Gasteiger charge is -2.10. The number of amides is 1. The summed E-state index contributed by atoms with van der Waals surface area (Å²) in [5.74, 6) is -0.236. The lowest BCUT2D eigenvalue weighted by molar-refractivity contribution is -0.117. The van der Waals surface area contributed by atoms with Crippen molar-refractivity contribution in [1.82, 2.24) is 14.8 Å². The maximum Gasteiger partial charge on any atom is 0.233 e. The molecule has 5 nitrogen and oxygen atoms in total. The minimum atomic E-state index is -0.207. The lowest BCUT2D eigenvalue weighted by atomic mass is 10.0. The molecule has 2 heterocycles. The van der Waals surface area contributed by atoms with Crippen molar-refractivity contribution in [3.63, 3.8) is 0 Å². The van der Waals surface area contributed by atoms with Crippen molar-refractivity contribution in [3.8, 4) is 11.3 Å². The van der Waals surface area contributed by atoms with Gasteiger partial charge in [0.1, 0.15) is 0 Å². The third-order valence-corrected chi connectivity index (χ3v) is 5.56. The van der Waals surface area contributed by atoms with Crippen molar-refractivity contribution in [2.45, 2.75) is 25.7 Å². The van der Waals surface area contributed by atoms with E-state index in [9.17, 15) is 4.79 Å². The fourth-order valence-electron chi connectivity index (χ4n) is 3.08.